The summed E-state index contributed by atoms with van der Waals surface area (Å²) in [5, 5.41) is 0. The highest BCUT2D eigenvalue weighted by atomic mass is 16.5. The Morgan fingerprint density at radius 3 is 2.66 bits per heavy atom. The largest absolute Gasteiger partial charge is 0.489 e. The van der Waals surface area contributed by atoms with Crippen LogP contribution in [-0.2, 0) is 4.74 Å². The molecule has 7 nitrogen and oxygen atoms in total. The minimum absolute atomic E-state index is 0.000142. The molecule has 32 heavy (non-hydrogen) atoms. The number of para-hydroxylation sites is 1. The van der Waals surface area contributed by atoms with E-state index in [0.29, 0.717) is 43.1 Å². The highest BCUT2D eigenvalue weighted by Gasteiger charge is 2.28. The lowest BCUT2D eigenvalue weighted by molar-refractivity contribution is 0.0523. The summed E-state index contributed by atoms with van der Waals surface area (Å²) in [4.78, 5) is 33.6. The van der Waals surface area contributed by atoms with Gasteiger partial charge in [-0.1, -0.05) is 12.1 Å². The van der Waals surface area contributed by atoms with Crippen LogP contribution in [0.25, 0.3) is 0 Å². The molecular formula is C25H31N3O4. The van der Waals surface area contributed by atoms with Crippen LogP contribution in [0, 0.1) is 0 Å². The number of amides is 2. The van der Waals surface area contributed by atoms with Gasteiger partial charge >= 0.3 is 0 Å². The van der Waals surface area contributed by atoms with Crippen LogP contribution in [0.1, 0.15) is 53.3 Å². The van der Waals surface area contributed by atoms with E-state index in [4.69, 9.17) is 9.47 Å². The van der Waals surface area contributed by atoms with Gasteiger partial charge in [-0.25, -0.2) is 0 Å². The Morgan fingerprint density at radius 1 is 1.16 bits per heavy atom. The maximum absolute atomic E-state index is 13.3. The normalized spacial score (nSPS) is 19.0. The Morgan fingerprint density at radius 2 is 1.97 bits per heavy atom. The Balaban J connectivity index is 1.37. The number of ether oxygens (including phenoxy) is 2. The van der Waals surface area contributed by atoms with Crippen molar-refractivity contribution in [3.8, 4) is 5.75 Å². The average Bonchev–Trinajstić information content (AvgIpc) is 3.36. The summed E-state index contributed by atoms with van der Waals surface area (Å²) in [7, 11) is 0. The van der Waals surface area contributed by atoms with Crippen LogP contribution < -0.4 is 4.74 Å². The second-order valence-corrected chi connectivity index (χ2v) is 8.33. The molecule has 2 aliphatic rings. The van der Waals surface area contributed by atoms with Gasteiger partial charge in [-0.3, -0.25) is 14.6 Å². The van der Waals surface area contributed by atoms with Crippen molar-refractivity contribution >= 4 is 11.8 Å². The first kappa shape index (κ1) is 22.3. The van der Waals surface area contributed by atoms with Crippen molar-refractivity contribution in [2.45, 2.75) is 44.8 Å². The number of likely N-dealkylation sites (tertiary alicyclic amines) is 1. The molecule has 0 unspecified atom stereocenters. The van der Waals surface area contributed by atoms with Gasteiger partial charge in [0, 0.05) is 58.0 Å². The lowest BCUT2D eigenvalue weighted by Gasteiger charge is -2.33. The predicted molar refractivity (Wildman–Crippen MR) is 121 cm³/mol. The lowest BCUT2D eigenvalue weighted by atomic mass is 10.1. The number of carbonyl (C=O) groups excluding carboxylic acids is 2. The fraction of sp³-hybridized carbons (Fsp3) is 0.480. The second kappa shape index (κ2) is 10.6. The van der Waals surface area contributed by atoms with Gasteiger partial charge in [0.2, 0.25) is 0 Å². The topological polar surface area (TPSA) is 72.0 Å². The number of piperidine rings is 1. The molecule has 2 fully saturated rings. The highest BCUT2D eigenvalue weighted by molar-refractivity contribution is 5.97. The van der Waals surface area contributed by atoms with Crippen molar-refractivity contribution in [2.75, 3.05) is 32.8 Å². The van der Waals surface area contributed by atoms with E-state index >= 15 is 0 Å². The summed E-state index contributed by atoms with van der Waals surface area (Å²) >= 11 is 0. The molecule has 0 aliphatic carbocycles. The quantitative estimate of drug-likeness (QED) is 0.664. The highest BCUT2D eigenvalue weighted by Crippen LogP contribution is 2.25. The number of hydrogen-bond acceptors (Lipinski definition) is 5. The Labute approximate surface area is 189 Å². The molecule has 170 valence electrons. The Bertz CT molecular complexity index is 906. The molecular weight excluding hydrogens is 406 g/mol. The maximum atomic E-state index is 13.3. The Hall–Kier alpha value is -2.93. The molecule has 1 aromatic carbocycles. The van der Waals surface area contributed by atoms with Crippen molar-refractivity contribution in [1.82, 2.24) is 14.8 Å². The fourth-order valence-corrected chi connectivity index (χ4v) is 4.33. The Kier molecular flexibility index (Phi) is 7.37. The minimum Gasteiger partial charge on any atom is -0.489 e. The van der Waals surface area contributed by atoms with Crippen LogP contribution >= 0.6 is 0 Å². The van der Waals surface area contributed by atoms with E-state index in [-0.39, 0.29) is 24.0 Å². The van der Waals surface area contributed by atoms with E-state index in [1.165, 1.54) is 0 Å². The molecule has 7 heteroatoms. The third-order valence-electron chi connectivity index (χ3n) is 6.17. The minimum atomic E-state index is -0.0323. The first-order chi connectivity index (χ1) is 15.7. The number of benzene rings is 1. The third-order valence-corrected chi connectivity index (χ3v) is 6.17. The third kappa shape index (κ3) is 5.27. The average molecular weight is 438 g/mol. The van der Waals surface area contributed by atoms with E-state index in [9.17, 15) is 9.59 Å². The van der Waals surface area contributed by atoms with Gasteiger partial charge in [-0.2, -0.15) is 0 Å². The number of carbonyl (C=O) groups is 2. The van der Waals surface area contributed by atoms with Crippen LogP contribution in [0.3, 0.4) is 0 Å². The van der Waals surface area contributed by atoms with E-state index in [1.54, 1.807) is 24.5 Å². The molecule has 0 bridgehead atoms. The van der Waals surface area contributed by atoms with Gasteiger partial charge in [0.1, 0.15) is 11.9 Å². The van der Waals surface area contributed by atoms with E-state index in [1.807, 2.05) is 41.0 Å². The van der Waals surface area contributed by atoms with E-state index in [2.05, 4.69) is 4.98 Å². The lowest BCUT2D eigenvalue weighted by Crippen LogP contribution is -2.42. The zero-order valence-electron chi connectivity index (χ0n) is 18.6. The summed E-state index contributed by atoms with van der Waals surface area (Å²) in [5.41, 5.74) is 1.19. The first-order valence-electron chi connectivity index (χ1n) is 11.5. The molecule has 2 aromatic rings. The van der Waals surface area contributed by atoms with Crippen LogP contribution in [0.15, 0.2) is 48.8 Å². The number of rotatable bonds is 7. The van der Waals surface area contributed by atoms with Gasteiger partial charge in [0.05, 0.1) is 17.2 Å². The summed E-state index contributed by atoms with van der Waals surface area (Å²) in [5.74, 6) is 0.586. The summed E-state index contributed by atoms with van der Waals surface area (Å²) < 4.78 is 12.0. The fourth-order valence-electron chi connectivity index (χ4n) is 4.33. The number of nitrogens with zero attached hydrogens (tertiary/aromatic N) is 3. The number of aromatic nitrogens is 1. The first-order valence-corrected chi connectivity index (χ1v) is 11.5. The summed E-state index contributed by atoms with van der Waals surface area (Å²) in [6.45, 7) is 5.24. The number of hydrogen-bond donors (Lipinski definition) is 0. The van der Waals surface area contributed by atoms with Crippen LogP contribution in [0.4, 0.5) is 0 Å². The van der Waals surface area contributed by atoms with E-state index < -0.39 is 0 Å². The molecule has 0 spiro atoms. The number of likely N-dealkylation sites (N-methyl/N-ethyl adjacent to an activating group) is 1. The van der Waals surface area contributed by atoms with Crippen LogP contribution in [0.5, 0.6) is 5.75 Å². The van der Waals surface area contributed by atoms with Gasteiger partial charge in [0.25, 0.3) is 11.8 Å². The van der Waals surface area contributed by atoms with Crippen LogP contribution in [-0.4, -0.2) is 71.6 Å². The standard InChI is InChI=1S/C25H31N3O4/c1-2-27(18-21-8-6-16-31-21)25(30)22-9-3-4-10-23(22)32-20-11-14-28(15-12-20)24(29)19-7-5-13-26-17-19/h3-5,7,9-10,13,17,20-21H,2,6,8,11-12,14-16,18H2,1H3/t21-/m0/s1. The van der Waals surface area contributed by atoms with Crippen molar-refractivity contribution in [3.05, 3.63) is 59.9 Å². The number of pyridine rings is 1. The SMILES string of the molecule is CCN(C[C@@H]1CCCO1)C(=O)c1ccccc1OC1CCN(C(=O)c2cccnc2)CC1. The summed E-state index contributed by atoms with van der Waals surface area (Å²) in [6.07, 6.45) is 6.85. The molecule has 0 saturated carbocycles. The van der Waals surface area contributed by atoms with Gasteiger partial charge < -0.3 is 19.3 Å². The summed E-state index contributed by atoms with van der Waals surface area (Å²) in [6, 6.07) is 11.0. The molecule has 3 heterocycles. The second-order valence-electron chi connectivity index (χ2n) is 8.33. The van der Waals surface area contributed by atoms with Crippen molar-refractivity contribution in [3.63, 3.8) is 0 Å². The molecule has 1 aromatic heterocycles. The zero-order chi connectivity index (χ0) is 22.3. The molecule has 0 radical (unpaired) electrons. The monoisotopic (exact) mass is 437 g/mol. The van der Waals surface area contributed by atoms with Gasteiger partial charge in [-0.05, 0) is 44.0 Å². The van der Waals surface area contributed by atoms with E-state index in [0.717, 1.165) is 32.3 Å². The molecule has 0 N–H and O–H groups in total. The molecule has 2 saturated heterocycles. The molecule has 2 amide bonds. The molecule has 1 atom stereocenters. The maximum Gasteiger partial charge on any atom is 0.257 e. The van der Waals surface area contributed by atoms with Crippen molar-refractivity contribution in [2.24, 2.45) is 0 Å². The zero-order valence-corrected chi connectivity index (χ0v) is 18.6. The smallest absolute Gasteiger partial charge is 0.257 e. The molecule has 4 rings (SSSR count). The van der Waals surface area contributed by atoms with Crippen molar-refractivity contribution in [1.29, 1.82) is 0 Å². The van der Waals surface area contributed by atoms with Crippen molar-refractivity contribution < 1.29 is 19.1 Å². The predicted octanol–water partition coefficient (Wildman–Crippen LogP) is 3.41. The molecule has 2 aliphatic heterocycles. The van der Waals surface area contributed by atoms with Gasteiger partial charge in [-0.15, -0.1) is 0 Å². The van der Waals surface area contributed by atoms with Gasteiger partial charge in [0.15, 0.2) is 0 Å². The van der Waals surface area contributed by atoms with Crippen LogP contribution in [0.2, 0.25) is 0 Å².